The maximum absolute atomic E-state index is 8.42. The van der Waals surface area contributed by atoms with Gasteiger partial charge in [-0.1, -0.05) is 38.5 Å². The minimum Gasteiger partial charge on any atom is -0.388 e. The van der Waals surface area contributed by atoms with Gasteiger partial charge in [-0.2, -0.15) is 0 Å². The molecule has 5 nitrogen and oxygen atoms in total. The molecule has 2 rings (SSSR count). The average molecular weight is 271 g/mol. The molecule has 19 heavy (non-hydrogen) atoms. The van der Waals surface area contributed by atoms with Crippen LogP contribution in [0.4, 0.5) is 0 Å². The summed E-state index contributed by atoms with van der Waals surface area (Å²) in [6, 6.07) is 3.64. The van der Waals surface area contributed by atoms with Crippen molar-refractivity contribution >= 4 is 0 Å². The molecule has 0 atom stereocenters. The molecule has 1 N–H and O–H groups in total. The molecule has 0 radical (unpaired) electrons. The first-order chi connectivity index (χ1) is 9.07. The third-order valence-electron chi connectivity index (χ3n) is 1.86. The highest BCUT2D eigenvalue weighted by Gasteiger charge is 1.94. The number of rotatable bonds is 2. The van der Waals surface area contributed by atoms with E-state index in [0.29, 0.717) is 12.7 Å². The lowest BCUT2D eigenvalue weighted by Gasteiger charge is -1.76. The van der Waals surface area contributed by atoms with Gasteiger partial charge in [-0.25, -0.2) is 0 Å². The van der Waals surface area contributed by atoms with Crippen molar-refractivity contribution in [3.05, 3.63) is 35.0 Å². The Labute approximate surface area is 117 Å². The number of aliphatic hydroxyl groups is 1. The lowest BCUT2D eigenvalue weighted by Crippen LogP contribution is -1.73. The zero-order valence-electron chi connectivity index (χ0n) is 12.4. The van der Waals surface area contributed by atoms with E-state index in [9.17, 15) is 0 Å². The highest BCUT2D eigenvalue weighted by atomic mass is 16.5. The summed E-state index contributed by atoms with van der Waals surface area (Å²) < 4.78 is 15.7. The largest absolute Gasteiger partial charge is 0.388 e. The van der Waals surface area contributed by atoms with Gasteiger partial charge in [0.15, 0.2) is 5.76 Å². The van der Waals surface area contributed by atoms with E-state index >= 15 is 0 Å². The minimum absolute atomic E-state index is 0. The fraction of sp³-hybridized carbons (Fsp3) is 0.571. The second-order valence-corrected chi connectivity index (χ2v) is 3.38. The highest BCUT2D eigenvalue weighted by Crippen LogP contribution is 2.01. The molecule has 0 bridgehead atoms. The van der Waals surface area contributed by atoms with Crippen LogP contribution in [0, 0.1) is 13.8 Å². The van der Waals surface area contributed by atoms with Crippen LogP contribution in [0.3, 0.4) is 0 Å². The summed E-state index contributed by atoms with van der Waals surface area (Å²) in [6.45, 7) is 7.99. The zero-order valence-corrected chi connectivity index (χ0v) is 11.4. The molecule has 0 fully saturated rings. The lowest BCUT2D eigenvalue weighted by molar-refractivity contribution is 0.228. The second-order valence-electron chi connectivity index (χ2n) is 3.38. The molecule has 0 aliphatic rings. The van der Waals surface area contributed by atoms with Crippen molar-refractivity contribution in [3.63, 3.8) is 0 Å². The summed E-state index contributed by atoms with van der Waals surface area (Å²) in [6.07, 6.45) is 0.931. The molecular formula is C14H26N2O3. The fourth-order valence-corrected chi connectivity index (χ4v) is 1.07. The summed E-state index contributed by atoms with van der Waals surface area (Å²) in [5, 5.41) is 15.7. The Morgan fingerprint density at radius 3 is 1.74 bits per heavy atom. The highest BCUT2D eigenvalue weighted by molar-refractivity contribution is 5.02. The van der Waals surface area contributed by atoms with Crippen LogP contribution in [0.2, 0.25) is 0 Å². The van der Waals surface area contributed by atoms with Crippen LogP contribution >= 0.6 is 0 Å². The van der Waals surface area contributed by atoms with E-state index in [2.05, 4.69) is 14.8 Å². The van der Waals surface area contributed by atoms with Crippen LogP contribution in [0.1, 0.15) is 52.5 Å². The summed E-state index contributed by atoms with van der Waals surface area (Å²) in [5.74, 6) is 1.48. The van der Waals surface area contributed by atoms with Crippen molar-refractivity contribution in [2.45, 2.75) is 55.0 Å². The molecule has 5 heteroatoms. The summed E-state index contributed by atoms with van der Waals surface area (Å²) >= 11 is 0. The van der Waals surface area contributed by atoms with Crippen LogP contribution in [-0.2, 0) is 13.0 Å². The lowest BCUT2D eigenvalue weighted by atomic mass is 10.3. The molecular weight excluding hydrogens is 244 g/mol. The van der Waals surface area contributed by atoms with Gasteiger partial charge >= 0.3 is 0 Å². The van der Waals surface area contributed by atoms with Gasteiger partial charge in [0.25, 0.3) is 0 Å². The van der Waals surface area contributed by atoms with E-state index in [1.165, 1.54) is 0 Å². The Balaban J connectivity index is 0. The predicted octanol–water partition coefficient (Wildman–Crippen LogP) is 3.68. The number of aromatic nitrogens is 2. The van der Waals surface area contributed by atoms with Crippen LogP contribution in [-0.4, -0.2) is 15.4 Å². The SMILES string of the molecule is C.CCc1cc(C)no1.Cc1cc(CO)on1.[2H]CC. The molecule has 0 unspecified atom stereocenters. The first kappa shape index (κ1) is 17.4. The van der Waals surface area contributed by atoms with Crippen molar-refractivity contribution < 1.29 is 15.5 Å². The van der Waals surface area contributed by atoms with Crippen LogP contribution in [0.5, 0.6) is 0 Å². The molecule has 2 heterocycles. The van der Waals surface area contributed by atoms with Crippen LogP contribution in [0.25, 0.3) is 0 Å². The van der Waals surface area contributed by atoms with E-state index in [4.69, 9.17) is 11.0 Å². The third kappa shape index (κ3) is 8.15. The molecule has 0 spiro atoms. The summed E-state index contributed by atoms with van der Waals surface area (Å²) in [5.41, 5.74) is 1.76. The minimum atomic E-state index is -0.0686. The van der Waals surface area contributed by atoms with Gasteiger partial charge < -0.3 is 14.2 Å². The molecule has 0 aromatic carbocycles. The number of hydrogen-bond donors (Lipinski definition) is 1. The fourth-order valence-electron chi connectivity index (χ4n) is 1.07. The van der Waals surface area contributed by atoms with Crippen LogP contribution < -0.4 is 0 Å². The summed E-state index contributed by atoms with van der Waals surface area (Å²) in [4.78, 5) is 0. The Kier molecular flexibility index (Phi) is 10.5. The van der Waals surface area contributed by atoms with Gasteiger partial charge in [0, 0.05) is 19.9 Å². The Hall–Kier alpha value is -1.62. The van der Waals surface area contributed by atoms with E-state index in [0.717, 1.165) is 23.6 Å². The molecule has 0 saturated heterocycles. The van der Waals surface area contributed by atoms with Gasteiger partial charge in [0.1, 0.15) is 12.4 Å². The maximum Gasteiger partial charge on any atom is 0.162 e. The standard InChI is InChI=1S/C6H9NO.C5H7NO2.C2H6.CH4/c1-3-6-4-5(2)7-8-6;1-4-2-5(3-7)8-6-4;1-2;/h4H,3H2,1-2H3;2,7H,3H2,1H3;1-2H3;1H4/i;;1D;. The molecule has 0 aliphatic carbocycles. The van der Waals surface area contributed by atoms with Crippen molar-refractivity contribution in [1.82, 2.24) is 10.3 Å². The average Bonchev–Trinajstić information content (AvgIpc) is 2.99. The van der Waals surface area contributed by atoms with Crippen molar-refractivity contribution in [1.29, 1.82) is 0 Å². The zero-order chi connectivity index (χ0) is 14.7. The number of nitrogens with zero attached hydrogens (tertiary/aromatic N) is 2. The number of hydrogen-bond acceptors (Lipinski definition) is 5. The topological polar surface area (TPSA) is 72.3 Å². The Bertz CT molecular complexity index is 401. The smallest absolute Gasteiger partial charge is 0.162 e. The van der Waals surface area contributed by atoms with E-state index in [1.54, 1.807) is 13.0 Å². The van der Waals surface area contributed by atoms with Gasteiger partial charge in [-0.15, -0.1) is 0 Å². The van der Waals surface area contributed by atoms with E-state index in [-0.39, 0.29) is 14.0 Å². The maximum atomic E-state index is 8.42. The second kappa shape index (κ2) is 11.5. The van der Waals surface area contributed by atoms with Gasteiger partial charge in [0.05, 0.1) is 11.4 Å². The van der Waals surface area contributed by atoms with Gasteiger partial charge in [-0.3, -0.25) is 0 Å². The molecule has 0 aliphatic heterocycles. The van der Waals surface area contributed by atoms with Crippen molar-refractivity contribution in [3.8, 4) is 0 Å². The van der Waals surface area contributed by atoms with E-state index in [1.807, 2.05) is 26.8 Å². The molecule has 110 valence electrons. The van der Waals surface area contributed by atoms with Gasteiger partial charge in [-0.05, 0) is 13.8 Å². The first-order valence-electron chi connectivity index (χ1n) is 6.52. The van der Waals surface area contributed by atoms with Gasteiger partial charge in [0.2, 0.25) is 0 Å². The quantitative estimate of drug-likeness (QED) is 0.902. The summed E-state index contributed by atoms with van der Waals surface area (Å²) in [7, 11) is 0. The normalized spacial score (nSPS) is 9.21. The van der Waals surface area contributed by atoms with Crippen molar-refractivity contribution in [2.75, 3.05) is 0 Å². The molecule has 0 amide bonds. The number of aryl methyl sites for hydroxylation is 3. The van der Waals surface area contributed by atoms with Crippen molar-refractivity contribution in [2.24, 2.45) is 0 Å². The number of aliphatic hydroxyl groups excluding tert-OH is 1. The third-order valence-corrected chi connectivity index (χ3v) is 1.86. The Morgan fingerprint density at radius 1 is 1.16 bits per heavy atom. The molecule has 2 aromatic heterocycles. The predicted molar refractivity (Wildman–Crippen MR) is 75.9 cm³/mol. The first-order valence-corrected chi connectivity index (χ1v) is 5.81. The molecule has 0 saturated carbocycles. The molecule has 2 aromatic rings. The van der Waals surface area contributed by atoms with E-state index < -0.39 is 0 Å². The van der Waals surface area contributed by atoms with Crippen LogP contribution in [0.15, 0.2) is 21.2 Å². The Morgan fingerprint density at radius 2 is 1.58 bits per heavy atom. The monoisotopic (exact) mass is 271 g/mol.